The normalized spacial score (nSPS) is 16.9. The number of allylic oxidation sites excluding steroid dienone is 2. The topological polar surface area (TPSA) is 0 Å². The summed E-state index contributed by atoms with van der Waals surface area (Å²) in [6.45, 7) is 11.3. The molecular formula is C14H27Cl. The first-order valence-electron chi connectivity index (χ1n) is 6.24. The molecule has 0 saturated carbocycles. The van der Waals surface area contributed by atoms with Crippen molar-refractivity contribution in [3.05, 3.63) is 12.2 Å². The number of rotatable bonds is 6. The van der Waals surface area contributed by atoms with Crippen LogP contribution in [0.2, 0.25) is 0 Å². The second-order valence-electron chi connectivity index (χ2n) is 5.42. The van der Waals surface area contributed by atoms with Crippen molar-refractivity contribution in [3.63, 3.8) is 0 Å². The minimum absolute atomic E-state index is 0.191. The summed E-state index contributed by atoms with van der Waals surface area (Å²) in [5.74, 6) is 0.581. The molecule has 0 heterocycles. The predicted octanol–water partition coefficient (Wildman–Crippen LogP) is 5.41. The van der Waals surface area contributed by atoms with Crippen molar-refractivity contribution in [1.29, 1.82) is 0 Å². The summed E-state index contributed by atoms with van der Waals surface area (Å²) in [5, 5.41) is 0.191. The molecule has 1 heteroatoms. The molecule has 0 aliphatic heterocycles. The molecule has 0 radical (unpaired) electrons. The van der Waals surface area contributed by atoms with Gasteiger partial charge in [0.25, 0.3) is 0 Å². The molecule has 0 N–H and O–H groups in total. The molecule has 0 amide bonds. The van der Waals surface area contributed by atoms with Crippen LogP contribution in [0.3, 0.4) is 0 Å². The monoisotopic (exact) mass is 230 g/mol. The lowest BCUT2D eigenvalue weighted by Crippen LogP contribution is -2.27. The highest BCUT2D eigenvalue weighted by molar-refractivity contribution is 6.22. The van der Waals surface area contributed by atoms with E-state index >= 15 is 0 Å². The number of halogens is 1. The van der Waals surface area contributed by atoms with Crippen molar-refractivity contribution in [1.82, 2.24) is 0 Å². The van der Waals surface area contributed by atoms with Gasteiger partial charge in [-0.2, -0.15) is 0 Å². The van der Waals surface area contributed by atoms with E-state index < -0.39 is 0 Å². The minimum Gasteiger partial charge on any atom is -0.118 e. The van der Waals surface area contributed by atoms with Gasteiger partial charge < -0.3 is 0 Å². The zero-order chi connectivity index (χ0) is 11.9. The van der Waals surface area contributed by atoms with Gasteiger partial charge in [0.1, 0.15) is 0 Å². The number of hydrogen-bond donors (Lipinski definition) is 0. The van der Waals surface area contributed by atoms with Gasteiger partial charge in [0.2, 0.25) is 0 Å². The summed E-state index contributed by atoms with van der Waals surface area (Å²) in [6, 6.07) is 0. The number of alkyl halides is 1. The first kappa shape index (κ1) is 15.0. The van der Waals surface area contributed by atoms with E-state index in [1.165, 1.54) is 19.3 Å². The molecule has 0 nitrogen and oxygen atoms in total. The average Bonchev–Trinajstić information content (AvgIpc) is 2.12. The highest BCUT2D eigenvalue weighted by Crippen LogP contribution is 2.35. The lowest BCUT2D eigenvalue weighted by molar-refractivity contribution is 0.229. The van der Waals surface area contributed by atoms with Crippen molar-refractivity contribution in [2.75, 3.05) is 0 Å². The fourth-order valence-electron chi connectivity index (χ4n) is 1.91. The first-order chi connectivity index (χ1) is 6.93. The third-order valence-corrected chi connectivity index (χ3v) is 3.32. The van der Waals surface area contributed by atoms with Crippen LogP contribution < -0.4 is 0 Å². The molecule has 0 aromatic heterocycles. The maximum absolute atomic E-state index is 6.46. The first-order valence-corrected chi connectivity index (χ1v) is 6.67. The molecule has 15 heavy (non-hydrogen) atoms. The van der Waals surface area contributed by atoms with Crippen molar-refractivity contribution < 1.29 is 0 Å². The molecular weight excluding hydrogens is 204 g/mol. The fourth-order valence-corrected chi connectivity index (χ4v) is 2.51. The molecule has 0 aliphatic rings. The Morgan fingerprint density at radius 3 is 2.13 bits per heavy atom. The quantitative estimate of drug-likeness (QED) is 0.423. The second kappa shape index (κ2) is 7.33. The van der Waals surface area contributed by atoms with E-state index in [2.05, 4.69) is 46.8 Å². The van der Waals surface area contributed by atoms with Crippen LogP contribution >= 0.6 is 11.6 Å². The SMILES string of the molecule is CCC/C=C\[C@H](Cl)C(CCC)C(C)(C)C. The van der Waals surface area contributed by atoms with Gasteiger partial charge in [-0.3, -0.25) is 0 Å². The Labute approximate surface area is 101 Å². The van der Waals surface area contributed by atoms with E-state index in [0.717, 1.165) is 6.42 Å². The largest absolute Gasteiger partial charge is 0.118 e. The smallest absolute Gasteiger partial charge is 0.0549 e. The van der Waals surface area contributed by atoms with E-state index in [4.69, 9.17) is 11.6 Å². The maximum atomic E-state index is 6.46. The molecule has 0 bridgehead atoms. The zero-order valence-electron chi connectivity index (χ0n) is 11.0. The molecule has 0 aromatic carbocycles. The average molecular weight is 231 g/mol. The molecule has 0 aliphatic carbocycles. The van der Waals surface area contributed by atoms with Crippen molar-refractivity contribution >= 4 is 11.6 Å². The number of unbranched alkanes of at least 4 members (excludes halogenated alkanes) is 1. The van der Waals surface area contributed by atoms with Gasteiger partial charge in [-0.15, -0.1) is 11.6 Å². The molecule has 0 rings (SSSR count). The van der Waals surface area contributed by atoms with Crippen LogP contribution in [-0.2, 0) is 0 Å². The van der Waals surface area contributed by atoms with Crippen LogP contribution in [0.1, 0.15) is 60.3 Å². The van der Waals surface area contributed by atoms with E-state index in [1.54, 1.807) is 0 Å². The van der Waals surface area contributed by atoms with E-state index in [9.17, 15) is 0 Å². The Hall–Kier alpha value is 0.0300. The Balaban J connectivity index is 4.35. The summed E-state index contributed by atoms with van der Waals surface area (Å²) in [5.41, 5.74) is 0.305. The summed E-state index contributed by atoms with van der Waals surface area (Å²) in [6.07, 6.45) is 9.20. The molecule has 0 fully saturated rings. The standard InChI is InChI=1S/C14H27Cl/c1-6-8-9-11-13(15)12(10-7-2)14(3,4)5/h9,11-13H,6-8,10H2,1-5H3/b11-9-/t12?,13-/m0/s1. The summed E-state index contributed by atoms with van der Waals surface area (Å²) in [4.78, 5) is 0. The van der Waals surface area contributed by atoms with Gasteiger partial charge in [0, 0.05) is 0 Å². The molecule has 0 aromatic rings. The van der Waals surface area contributed by atoms with Crippen molar-refractivity contribution in [2.45, 2.75) is 65.7 Å². The van der Waals surface area contributed by atoms with Gasteiger partial charge in [-0.05, 0) is 24.2 Å². The highest BCUT2D eigenvalue weighted by atomic mass is 35.5. The Morgan fingerprint density at radius 1 is 1.13 bits per heavy atom. The van der Waals surface area contributed by atoms with Crippen molar-refractivity contribution in [3.8, 4) is 0 Å². The summed E-state index contributed by atoms with van der Waals surface area (Å²) < 4.78 is 0. The lowest BCUT2D eigenvalue weighted by atomic mass is 9.76. The zero-order valence-corrected chi connectivity index (χ0v) is 11.8. The second-order valence-corrected chi connectivity index (χ2v) is 5.93. The number of hydrogen-bond acceptors (Lipinski definition) is 0. The van der Waals surface area contributed by atoms with Crippen LogP contribution in [0.5, 0.6) is 0 Å². The third kappa shape index (κ3) is 6.25. The van der Waals surface area contributed by atoms with Gasteiger partial charge in [-0.1, -0.05) is 59.6 Å². The predicted molar refractivity (Wildman–Crippen MR) is 71.5 cm³/mol. The third-order valence-electron chi connectivity index (χ3n) is 2.87. The lowest BCUT2D eigenvalue weighted by Gasteiger charge is -2.33. The molecule has 90 valence electrons. The van der Waals surface area contributed by atoms with Gasteiger partial charge >= 0.3 is 0 Å². The summed E-state index contributed by atoms with van der Waals surface area (Å²) in [7, 11) is 0. The van der Waals surface area contributed by atoms with Crippen LogP contribution in [0.15, 0.2) is 12.2 Å². The van der Waals surface area contributed by atoms with Crippen molar-refractivity contribution in [2.24, 2.45) is 11.3 Å². The van der Waals surface area contributed by atoms with Crippen LogP contribution in [0, 0.1) is 11.3 Å². The Bertz CT molecular complexity index is 176. The maximum Gasteiger partial charge on any atom is 0.0549 e. The summed E-state index contributed by atoms with van der Waals surface area (Å²) >= 11 is 6.46. The Kier molecular flexibility index (Phi) is 7.34. The Morgan fingerprint density at radius 2 is 1.73 bits per heavy atom. The van der Waals surface area contributed by atoms with E-state index in [0.29, 0.717) is 11.3 Å². The van der Waals surface area contributed by atoms with E-state index in [-0.39, 0.29) is 5.38 Å². The van der Waals surface area contributed by atoms with E-state index in [1.807, 2.05) is 0 Å². The molecule has 2 atom stereocenters. The molecule has 1 unspecified atom stereocenters. The van der Waals surface area contributed by atoms with Gasteiger partial charge in [0.05, 0.1) is 5.38 Å². The highest BCUT2D eigenvalue weighted by Gasteiger charge is 2.28. The van der Waals surface area contributed by atoms with Crippen LogP contribution in [0.4, 0.5) is 0 Å². The van der Waals surface area contributed by atoms with Gasteiger partial charge in [0.15, 0.2) is 0 Å². The molecule has 0 saturated heterocycles. The molecule has 0 spiro atoms. The minimum atomic E-state index is 0.191. The van der Waals surface area contributed by atoms with Gasteiger partial charge in [-0.25, -0.2) is 0 Å². The van der Waals surface area contributed by atoms with Crippen LogP contribution in [0.25, 0.3) is 0 Å². The fraction of sp³-hybridized carbons (Fsp3) is 0.857. The van der Waals surface area contributed by atoms with Crippen LogP contribution in [-0.4, -0.2) is 5.38 Å².